The number of carbonyl (C=O) groups excluding carboxylic acids is 1. The molecule has 3 rings (SSSR count). The van der Waals surface area contributed by atoms with E-state index < -0.39 is 22.5 Å². The number of sulfonamides is 1. The minimum absolute atomic E-state index is 0.164. The lowest BCUT2D eigenvalue weighted by Crippen LogP contribution is -2.40. The molecule has 1 aliphatic heterocycles. The van der Waals surface area contributed by atoms with Crippen molar-refractivity contribution in [3.63, 3.8) is 0 Å². The molecule has 10 heteroatoms. The highest BCUT2D eigenvalue weighted by Gasteiger charge is 2.24. The highest BCUT2D eigenvalue weighted by molar-refractivity contribution is 7.92. The summed E-state index contributed by atoms with van der Waals surface area (Å²) >= 11 is 0. The van der Waals surface area contributed by atoms with Gasteiger partial charge in [0.2, 0.25) is 22.7 Å². The van der Waals surface area contributed by atoms with Crippen LogP contribution in [-0.2, 0) is 21.4 Å². The van der Waals surface area contributed by atoms with Gasteiger partial charge < -0.3 is 24.3 Å². The highest BCUT2D eigenvalue weighted by atomic mass is 32.2. The summed E-state index contributed by atoms with van der Waals surface area (Å²) in [7, 11) is -0.872. The normalized spacial score (nSPS) is 12.4. The number of rotatable bonds is 8. The van der Waals surface area contributed by atoms with Gasteiger partial charge in [-0.15, -0.1) is 0 Å². The third kappa shape index (κ3) is 4.83. The molecular weight excluding hydrogens is 400 g/mol. The van der Waals surface area contributed by atoms with Crippen molar-refractivity contribution in [2.24, 2.45) is 0 Å². The van der Waals surface area contributed by atoms with Gasteiger partial charge in [0.1, 0.15) is 18.0 Å². The van der Waals surface area contributed by atoms with Crippen molar-refractivity contribution in [2.75, 3.05) is 38.1 Å². The Kier molecular flexibility index (Phi) is 6.02. The van der Waals surface area contributed by atoms with E-state index in [4.69, 9.17) is 18.9 Å². The number of anilines is 1. The number of carbonyl (C=O) groups is 1. The van der Waals surface area contributed by atoms with Gasteiger partial charge in [-0.3, -0.25) is 9.10 Å². The van der Waals surface area contributed by atoms with Gasteiger partial charge in [-0.1, -0.05) is 6.07 Å². The molecule has 1 heterocycles. The molecule has 0 aromatic heterocycles. The Labute approximate surface area is 169 Å². The minimum atomic E-state index is -3.76. The van der Waals surface area contributed by atoms with Crippen LogP contribution in [0.15, 0.2) is 36.4 Å². The van der Waals surface area contributed by atoms with Crippen molar-refractivity contribution in [3.05, 3.63) is 42.0 Å². The van der Waals surface area contributed by atoms with Gasteiger partial charge in [-0.25, -0.2) is 8.42 Å². The molecule has 2 aromatic rings. The Morgan fingerprint density at radius 2 is 1.86 bits per heavy atom. The van der Waals surface area contributed by atoms with Crippen molar-refractivity contribution >= 4 is 21.6 Å². The lowest BCUT2D eigenvalue weighted by molar-refractivity contribution is -0.119. The van der Waals surface area contributed by atoms with Crippen molar-refractivity contribution in [1.82, 2.24) is 5.32 Å². The molecule has 0 spiro atoms. The Balaban J connectivity index is 1.75. The van der Waals surface area contributed by atoms with Crippen LogP contribution in [-0.4, -0.2) is 48.1 Å². The van der Waals surface area contributed by atoms with Crippen LogP contribution >= 0.6 is 0 Å². The standard InChI is InChI=1S/C19H22N2O7S/c1-25-14-5-7-16(26-2)15(9-14)21(29(3,23)24)11-19(22)20-10-13-4-6-17-18(8-13)28-12-27-17/h4-9H,10-12H2,1-3H3,(H,20,22). The van der Waals surface area contributed by atoms with Gasteiger partial charge in [0.25, 0.3) is 0 Å². The van der Waals surface area contributed by atoms with Gasteiger partial charge in [0.05, 0.1) is 26.2 Å². The van der Waals surface area contributed by atoms with Gasteiger partial charge in [0, 0.05) is 12.6 Å². The number of nitrogens with zero attached hydrogens (tertiary/aromatic N) is 1. The Morgan fingerprint density at radius 1 is 1.10 bits per heavy atom. The lowest BCUT2D eigenvalue weighted by Gasteiger charge is -2.24. The molecule has 2 aromatic carbocycles. The zero-order valence-corrected chi connectivity index (χ0v) is 17.1. The molecule has 0 saturated heterocycles. The van der Waals surface area contributed by atoms with Crippen LogP contribution in [0, 0.1) is 0 Å². The first-order valence-corrected chi connectivity index (χ1v) is 10.5. The maximum Gasteiger partial charge on any atom is 0.241 e. The molecule has 1 N–H and O–H groups in total. The minimum Gasteiger partial charge on any atom is -0.497 e. The van der Waals surface area contributed by atoms with Crippen LogP contribution in [0.5, 0.6) is 23.0 Å². The van der Waals surface area contributed by atoms with Crippen LogP contribution in [0.25, 0.3) is 0 Å². The molecule has 0 atom stereocenters. The molecule has 29 heavy (non-hydrogen) atoms. The fraction of sp³-hybridized carbons (Fsp3) is 0.316. The zero-order valence-electron chi connectivity index (χ0n) is 16.3. The average molecular weight is 422 g/mol. The summed E-state index contributed by atoms with van der Waals surface area (Å²) in [5, 5.41) is 2.72. The number of nitrogens with one attached hydrogen (secondary N) is 1. The second kappa shape index (κ2) is 8.48. The molecular formula is C19H22N2O7S. The topological polar surface area (TPSA) is 103 Å². The molecule has 0 radical (unpaired) electrons. The van der Waals surface area contributed by atoms with E-state index in [1.54, 1.807) is 30.3 Å². The second-order valence-electron chi connectivity index (χ2n) is 6.27. The molecule has 0 bridgehead atoms. The number of benzene rings is 2. The lowest BCUT2D eigenvalue weighted by atomic mass is 10.2. The van der Waals surface area contributed by atoms with Crippen molar-refractivity contribution in [3.8, 4) is 23.0 Å². The highest BCUT2D eigenvalue weighted by Crippen LogP contribution is 2.34. The summed E-state index contributed by atoms with van der Waals surface area (Å²) in [6.07, 6.45) is 1.02. The molecule has 0 unspecified atom stereocenters. The van der Waals surface area contributed by atoms with Crippen molar-refractivity contribution in [2.45, 2.75) is 6.54 Å². The number of methoxy groups -OCH3 is 2. The number of amides is 1. The predicted molar refractivity (Wildman–Crippen MR) is 106 cm³/mol. The van der Waals surface area contributed by atoms with Gasteiger partial charge in [-0.05, 0) is 29.8 Å². The zero-order chi connectivity index (χ0) is 21.0. The van der Waals surface area contributed by atoms with Crippen molar-refractivity contribution < 1.29 is 32.2 Å². The van der Waals surface area contributed by atoms with Crippen LogP contribution in [0.3, 0.4) is 0 Å². The van der Waals surface area contributed by atoms with E-state index in [0.717, 1.165) is 16.1 Å². The fourth-order valence-electron chi connectivity index (χ4n) is 2.81. The Morgan fingerprint density at radius 3 is 2.55 bits per heavy atom. The molecule has 156 valence electrons. The van der Waals surface area contributed by atoms with Crippen LogP contribution in [0.2, 0.25) is 0 Å². The summed E-state index contributed by atoms with van der Waals surface area (Å²) in [5.41, 5.74) is 1.01. The van der Waals surface area contributed by atoms with Crippen LogP contribution in [0.1, 0.15) is 5.56 Å². The average Bonchev–Trinajstić information content (AvgIpc) is 3.17. The molecule has 9 nitrogen and oxygen atoms in total. The first-order chi connectivity index (χ1) is 13.8. The molecule has 0 aliphatic carbocycles. The third-order valence-corrected chi connectivity index (χ3v) is 5.40. The maximum absolute atomic E-state index is 12.5. The number of fused-ring (bicyclic) bond motifs is 1. The first kappa shape index (κ1) is 20.6. The van der Waals surface area contributed by atoms with E-state index in [-0.39, 0.29) is 19.0 Å². The number of ether oxygens (including phenoxy) is 4. The van der Waals surface area contributed by atoms with E-state index in [1.807, 2.05) is 0 Å². The monoisotopic (exact) mass is 422 g/mol. The number of hydrogen-bond donors (Lipinski definition) is 1. The summed E-state index contributed by atoms with van der Waals surface area (Å²) in [5.74, 6) is 1.53. The summed E-state index contributed by atoms with van der Waals surface area (Å²) in [6.45, 7) is -0.0356. The van der Waals surface area contributed by atoms with Gasteiger partial charge in [0.15, 0.2) is 11.5 Å². The van der Waals surface area contributed by atoms with Gasteiger partial charge >= 0.3 is 0 Å². The summed E-state index contributed by atoms with van der Waals surface area (Å²) in [4.78, 5) is 12.5. The summed E-state index contributed by atoms with van der Waals surface area (Å²) in [6, 6.07) is 10.0. The van der Waals surface area contributed by atoms with E-state index in [2.05, 4.69) is 5.32 Å². The Hall–Kier alpha value is -3.14. The van der Waals surface area contributed by atoms with E-state index >= 15 is 0 Å². The predicted octanol–water partition coefficient (Wildman–Crippen LogP) is 1.51. The molecule has 0 saturated carbocycles. The molecule has 0 fully saturated rings. The first-order valence-electron chi connectivity index (χ1n) is 8.67. The molecule has 1 amide bonds. The van der Waals surface area contributed by atoms with E-state index in [0.29, 0.717) is 23.0 Å². The number of hydrogen-bond acceptors (Lipinski definition) is 7. The quantitative estimate of drug-likeness (QED) is 0.688. The SMILES string of the molecule is COc1ccc(OC)c(N(CC(=O)NCc2ccc3c(c2)OCO3)S(C)(=O)=O)c1. The largest absolute Gasteiger partial charge is 0.497 e. The maximum atomic E-state index is 12.5. The van der Waals surface area contributed by atoms with Crippen LogP contribution < -0.4 is 28.6 Å². The van der Waals surface area contributed by atoms with Crippen molar-refractivity contribution in [1.29, 1.82) is 0 Å². The fourth-order valence-corrected chi connectivity index (χ4v) is 3.66. The van der Waals surface area contributed by atoms with E-state index in [1.165, 1.54) is 20.3 Å². The second-order valence-corrected chi connectivity index (χ2v) is 8.18. The Bertz CT molecular complexity index is 1010. The summed E-state index contributed by atoms with van der Waals surface area (Å²) < 4.78 is 46.7. The molecule has 1 aliphatic rings. The van der Waals surface area contributed by atoms with E-state index in [9.17, 15) is 13.2 Å². The smallest absolute Gasteiger partial charge is 0.241 e. The van der Waals surface area contributed by atoms with Gasteiger partial charge in [-0.2, -0.15) is 0 Å². The third-order valence-electron chi connectivity index (χ3n) is 4.27. The van der Waals surface area contributed by atoms with Crippen LogP contribution in [0.4, 0.5) is 5.69 Å².